The summed E-state index contributed by atoms with van der Waals surface area (Å²) in [5, 5.41) is 2.54. The highest BCUT2D eigenvalue weighted by Gasteiger charge is 2.20. The number of benzene rings is 2. The maximum Gasteiger partial charge on any atom is 0.313 e. The van der Waals surface area contributed by atoms with Gasteiger partial charge in [0, 0.05) is 5.69 Å². The van der Waals surface area contributed by atoms with Crippen molar-refractivity contribution >= 4 is 17.6 Å². The minimum atomic E-state index is -0.465. The first-order valence-electron chi connectivity index (χ1n) is 7.37. The molecule has 0 spiro atoms. The Hall–Kier alpha value is -2.69. The van der Waals surface area contributed by atoms with Crippen LogP contribution in [0, 0.1) is 5.82 Å². The van der Waals surface area contributed by atoms with Gasteiger partial charge >= 0.3 is 5.97 Å². The Morgan fingerprint density at radius 3 is 2.35 bits per heavy atom. The zero-order valence-corrected chi connectivity index (χ0v) is 12.8. The van der Waals surface area contributed by atoms with Crippen LogP contribution in [0.5, 0.6) is 0 Å². The van der Waals surface area contributed by atoms with Crippen molar-refractivity contribution in [1.29, 1.82) is 0 Å². The molecule has 0 heterocycles. The number of anilines is 1. The molecule has 1 amide bonds. The summed E-state index contributed by atoms with van der Waals surface area (Å²) in [5.74, 6) is -1.68. The number of esters is 1. The summed E-state index contributed by atoms with van der Waals surface area (Å²) in [5.41, 5.74) is 1.31. The van der Waals surface area contributed by atoms with E-state index in [1.165, 1.54) is 24.3 Å². The second-order valence-electron chi connectivity index (χ2n) is 5.03. The van der Waals surface area contributed by atoms with Gasteiger partial charge in [-0.15, -0.1) is 0 Å². The van der Waals surface area contributed by atoms with Gasteiger partial charge in [0.1, 0.15) is 5.82 Å². The highest BCUT2D eigenvalue weighted by atomic mass is 19.1. The van der Waals surface area contributed by atoms with Crippen LogP contribution in [-0.2, 0) is 14.3 Å². The first kappa shape index (κ1) is 16.7. The zero-order chi connectivity index (χ0) is 16.7. The second kappa shape index (κ2) is 8.08. The van der Waals surface area contributed by atoms with Crippen molar-refractivity contribution in [3.63, 3.8) is 0 Å². The van der Waals surface area contributed by atoms with Gasteiger partial charge in [0.25, 0.3) is 5.91 Å². The lowest BCUT2D eigenvalue weighted by molar-refractivity contribution is -0.149. The Morgan fingerprint density at radius 1 is 1.09 bits per heavy atom. The van der Waals surface area contributed by atoms with Crippen LogP contribution in [0.25, 0.3) is 0 Å². The van der Waals surface area contributed by atoms with Crippen LogP contribution >= 0.6 is 0 Å². The molecular formula is C18H18FNO3. The molecule has 0 unspecified atom stereocenters. The molecule has 4 nitrogen and oxygen atoms in total. The number of carbonyl (C=O) groups is 2. The maximum absolute atomic E-state index is 12.8. The van der Waals surface area contributed by atoms with Crippen molar-refractivity contribution in [3.8, 4) is 0 Å². The lowest BCUT2D eigenvalue weighted by Gasteiger charge is -2.14. The largest absolute Gasteiger partial charge is 0.455 e. The monoisotopic (exact) mass is 315 g/mol. The van der Waals surface area contributed by atoms with Crippen molar-refractivity contribution in [2.24, 2.45) is 0 Å². The van der Waals surface area contributed by atoms with Crippen LogP contribution in [0.3, 0.4) is 0 Å². The van der Waals surface area contributed by atoms with Gasteiger partial charge in [0.2, 0.25) is 0 Å². The number of halogens is 1. The summed E-state index contributed by atoms with van der Waals surface area (Å²) in [6.07, 6.45) is 0.586. The molecule has 5 heteroatoms. The predicted molar refractivity (Wildman–Crippen MR) is 85.5 cm³/mol. The Bertz CT molecular complexity index is 656. The highest BCUT2D eigenvalue weighted by molar-refractivity contribution is 5.93. The minimum absolute atomic E-state index is 0.375. The summed E-state index contributed by atoms with van der Waals surface area (Å²) >= 11 is 0. The third-order valence-corrected chi connectivity index (χ3v) is 3.37. The van der Waals surface area contributed by atoms with E-state index in [2.05, 4.69) is 5.32 Å². The molecule has 2 rings (SSSR count). The fourth-order valence-corrected chi connectivity index (χ4v) is 2.19. The molecule has 0 radical (unpaired) electrons. The van der Waals surface area contributed by atoms with Gasteiger partial charge in [-0.2, -0.15) is 0 Å². The molecule has 0 aliphatic heterocycles. The number of rotatable bonds is 6. The normalized spacial score (nSPS) is 11.6. The van der Waals surface area contributed by atoms with Crippen LogP contribution in [-0.4, -0.2) is 18.5 Å². The van der Waals surface area contributed by atoms with Crippen molar-refractivity contribution < 1.29 is 18.7 Å². The molecule has 0 aliphatic rings. The van der Waals surface area contributed by atoms with Crippen LogP contribution < -0.4 is 5.32 Å². The van der Waals surface area contributed by atoms with E-state index in [0.717, 1.165) is 5.56 Å². The molecule has 0 aliphatic carbocycles. The van der Waals surface area contributed by atoms with Crippen molar-refractivity contribution in [3.05, 3.63) is 66.0 Å². The third-order valence-electron chi connectivity index (χ3n) is 3.37. The quantitative estimate of drug-likeness (QED) is 0.830. The fourth-order valence-electron chi connectivity index (χ4n) is 2.19. The van der Waals surface area contributed by atoms with E-state index in [1.54, 1.807) is 0 Å². The van der Waals surface area contributed by atoms with Crippen molar-refractivity contribution in [2.75, 3.05) is 11.9 Å². The molecule has 0 bridgehead atoms. The number of hydrogen-bond acceptors (Lipinski definition) is 3. The molecule has 2 aromatic rings. The van der Waals surface area contributed by atoms with E-state index in [-0.39, 0.29) is 12.4 Å². The second-order valence-corrected chi connectivity index (χ2v) is 5.03. The Kier molecular flexibility index (Phi) is 5.86. The van der Waals surface area contributed by atoms with Crippen LogP contribution in [0.4, 0.5) is 10.1 Å². The Morgan fingerprint density at radius 2 is 1.74 bits per heavy atom. The van der Waals surface area contributed by atoms with Gasteiger partial charge in [-0.1, -0.05) is 37.3 Å². The van der Waals surface area contributed by atoms with Gasteiger partial charge in [-0.25, -0.2) is 4.39 Å². The number of hydrogen-bond donors (Lipinski definition) is 1. The van der Waals surface area contributed by atoms with Gasteiger partial charge in [-0.05, 0) is 36.2 Å². The Balaban J connectivity index is 1.87. The molecule has 0 aromatic heterocycles. The first-order chi connectivity index (χ1) is 11.1. The highest BCUT2D eigenvalue weighted by Crippen LogP contribution is 2.20. The SMILES string of the molecule is CC[C@H](C(=O)OCC(=O)Nc1ccc(F)cc1)c1ccccc1. The van der Waals surface area contributed by atoms with E-state index in [9.17, 15) is 14.0 Å². The summed E-state index contributed by atoms with van der Waals surface area (Å²) in [6, 6.07) is 14.6. The standard InChI is InChI=1S/C18H18FNO3/c1-2-16(13-6-4-3-5-7-13)18(22)23-12-17(21)20-15-10-8-14(19)9-11-15/h3-11,16H,2,12H2,1H3,(H,20,21)/t16-/m0/s1. The summed E-state index contributed by atoms with van der Waals surface area (Å²) < 4.78 is 17.9. The van der Waals surface area contributed by atoms with Crippen molar-refractivity contribution in [1.82, 2.24) is 0 Å². The third kappa shape index (κ3) is 4.92. The number of carbonyl (C=O) groups excluding carboxylic acids is 2. The van der Waals surface area contributed by atoms with E-state index in [0.29, 0.717) is 12.1 Å². The van der Waals surface area contributed by atoms with E-state index >= 15 is 0 Å². The molecule has 1 N–H and O–H groups in total. The van der Waals surface area contributed by atoms with Crippen LogP contribution in [0.15, 0.2) is 54.6 Å². The molecule has 23 heavy (non-hydrogen) atoms. The smallest absolute Gasteiger partial charge is 0.313 e. The number of nitrogens with one attached hydrogen (secondary N) is 1. The molecule has 0 saturated carbocycles. The molecular weight excluding hydrogens is 297 g/mol. The first-order valence-corrected chi connectivity index (χ1v) is 7.37. The van der Waals surface area contributed by atoms with Gasteiger partial charge in [-0.3, -0.25) is 9.59 Å². The van der Waals surface area contributed by atoms with Crippen LogP contribution in [0.1, 0.15) is 24.8 Å². The topological polar surface area (TPSA) is 55.4 Å². The molecule has 0 fully saturated rings. The average Bonchev–Trinajstić information content (AvgIpc) is 2.57. The van der Waals surface area contributed by atoms with E-state index in [4.69, 9.17) is 4.74 Å². The number of ether oxygens (including phenoxy) is 1. The lowest BCUT2D eigenvalue weighted by Crippen LogP contribution is -2.23. The van der Waals surface area contributed by atoms with Gasteiger partial charge in [0.15, 0.2) is 6.61 Å². The molecule has 0 saturated heterocycles. The molecule has 1 atom stereocenters. The number of amides is 1. The van der Waals surface area contributed by atoms with Gasteiger partial charge < -0.3 is 10.1 Å². The predicted octanol–water partition coefficient (Wildman–Crippen LogP) is 3.50. The van der Waals surface area contributed by atoms with Crippen LogP contribution in [0.2, 0.25) is 0 Å². The Labute approximate surface area is 134 Å². The van der Waals surface area contributed by atoms with Crippen molar-refractivity contribution in [2.45, 2.75) is 19.3 Å². The van der Waals surface area contributed by atoms with Gasteiger partial charge in [0.05, 0.1) is 5.92 Å². The maximum atomic E-state index is 12.8. The summed E-state index contributed by atoms with van der Waals surface area (Å²) in [7, 11) is 0. The average molecular weight is 315 g/mol. The van der Waals surface area contributed by atoms with E-state index < -0.39 is 17.8 Å². The minimum Gasteiger partial charge on any atom is -0.455 e. The summed E-state index contributed by atoms with van der Waals surface area (Å²) in [4.78, 5) is 23.9. The fraction of sp³-hybridized carbons (Fsp3) is 0.222. The molecule has 2 aromatic carbocycles. The molecule has 120 valence electrons. The summed E-state index contributed by atoms with van der Waals surface area (Å²) in [6.45, 7) is 1.51. The van der Waals surface area contributed by atoms with E-state index in [1.807, 2.05) is 37.3 Å². The lowest BCUT2D eigenvalue weighted by atomic mass is 9.97. The zero-order valence-electron chi connectivity index (χ0n) is 12.8.